The molecule has 3 heteroatoms. The summed E-state index contributed by atoms with van der Waals surface area (Å²) in [5.41, 5.74) is 0.938. The third-order valence-electron chi connectivity index (χ3n) is 1.68. The fraction of sp³-hybridized carbons (Fsp3) is 0.364. The zero-order valence-electron chi connectivity index (χ0n) is 8.50. The molecule has 0 aromatic carbocycles. The molecule has 1 aromatic rings. The average Bonchev–Trinajstić information content (AvgIpc) is 2.25. The molecule has 1 rings (SSSR count). The fourth-order valence-electron chi connectivity index (χ4n) is 0.951. The van der Waals surface area contributed by atoms with Crippen LogP contribution in [0.1, 0.15) is 12.0 Å². The van der Waals surface area contributed by atoms with Gasteiger partial charge in [0.05, 0.1) is 7.11 Å². The van der Waals surface area contributed by atoms with Gasteiger partial charge in [0.1, 0.15) is 0 Å². The van der Waals surface area contributed by atoms with E-state index in [4.69, 9.17) is 4.74 Å². The monoisotopic (exact) mass is 190 g/mol. The van der Waals surface area contributed by atoms with Crippen molar-refractivity contribution in [2.75, 3.05) is 20.7 Å². The van der Waals surface area contributed by atoms with E-state index in [-0.39, 0.29) is 0 Å². The molecule has 0 saturated heterocycles. The van der Waals surface area contributed by atoms with Gasteiger partial charge in [-0.3, -0.25) is 0 Å². The molecule has 0 saturated carbocycles. The minimum atomic E-state index is 0.602. The van der Waals surface area contributed by atoms with Crippen LogP contribution in [0.15, 0.2) is 18.3 Å². The standard InChI is InChI=1S/C11H14N2O/c1-12-7-4-3-5-10-6-8-13-11(9-10)14-2/h6,8-9,12H,4,7H2,1-2H3. The Morgan fingerprint density at radius 3 is 3.14 bits per heavy atom. The molecule has 1 aromatic heterocycles. The molecule has 0 aliphatic heterocycles. The molecule has 1 heterocycles. The van der Waals surface area contributed by atoms with Crippen LogP contribution in [-0.2, 0) is 0 Å². The summed E-state index contributed by atoms with van der Waals surface area (Å²) in [6.07, 6.45) is 2.54. The number of methoxy groups -OCH3 is 1. The van der Waals surface area contributed by atoms with Crippen LogP contribution in [0.5, 0.6) is 5.88 Å². The molecule has 0 radical (unpaired) electrons. The van der Waals surface area contributed by atoms with E-state index in [1.54, 1.807) is 13.3 Å². The van der Waals surface area contributed by atoms with Crippen LogP contribution in [0.2, 0.25) is 0 Å². The van der Waals surface area contributed by atoms with Crippen LogP contribution in [0.4, 0.5) is 0 Å². The van der Waals surface area contributed by atoms with Crippen molar-refractivity contribution < 1.29 is 4.74 Å². The Hall–Kier alpha value is -1.53. The smallest absolute Gasteiger partial charge is 0.214 e. The van der Waals surface area contributed by atoms with Crippen LogP contribution in [0, 0.1) is 11.8 Å². The molecular formula is C11H14N2O. The summed E-state index contributed by atoms with van der Waals surface area (Å²) < 4.78 is 4.99. The second kappa shape index (κ2) is 6.01. The number of aromatic nitrogens is 1. The molecular weight excluding hydrogens is 176 g/mol. The average molecular weight is 190 g/mol. The first-order valence-electron chi connectivity index (χ1n) is 4.50. The summed E-state index contributed by atoms with van der Waals surface area (Å²) in [5.74, 6) is 6.70. The first kappa shape index (κ1) is 10.6. The summed E-state index contributed by atoms with van der Waals surface area (Å²) in [4.78, 5) is 4.00. The van der Waals surface area contributed by atoms with E-state index in [1.165, 1.54) is 0 Å². The highest BCUT2D eigenvalue weighted by Gasteiger charge is 1.91. The topological polar surface area (TPSA) is 34.2 Å². The summed E-state index contributed by atoms with van der Waals surface area (Å²) in [6.45, 7) is 0.912. The maximum atomic E-state index is 4.99. The number of hydrogen-bond donors (Lipinski definition) is 1. The Balaban J connectivity index is 2.60. The van der Waals surface area contributed by atoms with Crippen LogP contribution < -0.4 is 10.1 Å². The number of rotatable bonds is 3. The molecule has 0 aliphatic carbocycles. The number of pyridine rings is 1. The Morgan fingerprint density at radius 2 is 2.43 bits per heavy atom. The van der Waals surface area contributed by atoms with Crippen LogP contribution in [-0.4, -0.2) is 25.7 Å². The van der Waals surface area contributed by atoms with E-state index in [1.807, 2.05) is 19.2 Å². The molecule has 3 nitrogen and oxygen atoms in total. The van der Waals surface area contributed by atoms with Gasteiger partial charge >= 0.3 is 0 Å². The van der Waals surface area contributed by atoms with Gasteiger partial charge in [0.2, 0.25) is 5.88 Å². The van der Waals surface area contributed by atoms with Crippen molar-refractivity contribution in [2.45, 2.75) is 6.42 Å². The fourth-order valence-corrected chi connectivity index (χ4v) is 0.951. The van der Waals surface area contributed by atoms with Gasteiger partial charge in [0, 0.05) is 30.8 Å². The van der Waals surface area contributed by atoms with E-state index < -0.39 is 0 Å². The van der Waals surface area contributed by atoms with Crippen LogP contribution in [0.25, 0.3) is 0 Å². The van der Waals surface area contributed by atoms with Gasteiger partial charge in [-0.15, -0.1) is 0 Å². The molecule has 74 valence electrons. The number of nitrogens with zero attached hydrogens (tertiary/aromatic N) is 1. The van der Waals surface area contributed by atoms with E-state index in [9.17, 15) is 0 Å². The van der Waals surface area contributed by atoms with Gasteiger partial charge in [-0.2, -0.15) is 0 Å². The Morgan fingerprint density at radius 1 is 1.57 bits per heavy atom. The summed E-state index contributed by atoms with van der Waals surface area (Å²) in [7, 11) is 3.51. The number of nitrogens with one attached hydrogen (secondary N) is 1. The molecule has 0 bridgehead atoms. The SMILES string of the molecule is CNCCC#Cc1ccnc(OC)c1. The highest BCUT2D eigenvalue weighted by molar-refractivity contribution is 5.35. The van der Waals surface area contributed by atoms with Crippen LogP contribution >= 0.6 is 0 Å². The normalized spacial score (nSPS) is 9.00. The van der Waals surface area contributed by atoms with E-state index in [0.29, 0.717) is 5.88 Å². The third kappa shape index (κ3) is 3.46. The quantitative estimate of drug-likeness (QED) is 0.571. The van der Waals surface area contributed by atoms with Crippen molar-refractivity contribution in [3.63, 3.8) is 0 Å². The maximum absolute atomic E-state index is 4.99. The lowest BCUT2D eigenvalue weighted by Gasteiger charge is -1.96. The molecule has 0 spiro atoms. The van der Waals surface area contributed by atoms with E-state index in [2.05, 4.69) is 22.1 Å². The molecule has 0 unspecified atom stereocenters. The van der Waals surface area contributed by atoms with Gasteiger partial charge in [-0.25, -0.2) is 4.98 Å². The lowest BCUT2D eigenvalue weighted by molar-refractivity contribution is 0.398. The Labute approximate surface area is 84.5 Å². The third-order valence-corrected chi connectivity index (χ3v) is 1.68. The minimum absolute atomic E-state index is 0.602. The van der Waals surface area contributed by atoms with Crippen molar-refractivity contribution in [1.82, 2.24) is 10.3 Å². The molecule has 0 amide bonds. The highest BCUT2D eigenvalue weighted by atomic mass is 16.5. The van der Waals surface area contributed by atoms with Gasteiger partial charge in [-0.05, 0) is 13.1 Å². The molecule has 0 aliphatic rings. The lowest BCUT2D eigenvalue weighted by Crippen LogP contribution is -2.05. The largest absolute Gasteiger partial charge is 0.481 e. The first-order valence-corrected chi connectivity index (χ1v) is 4.50. The highest BCUT2D eigenvalue weighted by Crippen LogP contribution is 2.06. The second-order valence-electron chi connectivity index (χ2n) is 2.74. The van der Waals surface area contributed by atoms with Crippen molar-refractivity contribution >= 4 is 0 Å². The van der Waals surface area contributed by atoms with Gasteiger partial charge in [0.25, 0.3) is 0 Å². The maximum Gasteiger partial charge on any atom is 0.214 e. The molecule has 0 atom stereocenters. The van der Waals surface area contributed by atoms with Crippen molar-refractivity contribution in [1.29, 1.82) is 0 Å². The summed E-state index contributed by atoms with van der Waals surface area (Å²) in [6, 6.07) is 3.70. The predicted molar refractivity (Wildman–Crippen MR) is 56.2 cm³/mol. The summed E-state index contributed by atoms with van der Waals surface area (Å²) >= 11 is 0. The summed E-state index contributed by atoms with van der Waals surface area (Å²) in [5, 5.41) is 3.04. The van der Waals surface area contributed by atoms with Crippen molar-refractivity contribution in [3.05, 3.63) is 23.9 Å². The van der Waals surface area contributed by atoms with Gasteiger partial charge in [0.15, 0.2) is 0 Å². The first-order chi connectivity index (χ1) is 6.86. The zero-order chi connectivity index (χ0) is 10.2. The minimum Gasteiger partial charge on any atom is -0.481 e. The molecule has 14 heavy (non-hydrogen) atoms. The molecule has 0 fully saturated rings. The van der Waals surface area contributed by atoms with Crippen molar-refractivity contribution in [2.24, 2.45) is 0 Å². The Kier molecular flexibility index (Phi) is 4.53. The van der Waals surface area contributed by atoms with Crippen molar-refractivity contribution in [3.8, 4) is 17.7 Å². The number of ether oxygens (including phenoxy) is 1. The lowest BCUT2D eigenvalue weighted by atomic mass is 10.2. The Bertz CT molecular complexity index is 339. The predicted octanol–water partition coefficient (Wildman–Crippen LogP) is 1.05. The van der Waals surface area contributed by atoms with E-state index in [0.717, 1.165) is 18.5 Å². The molecule has 1 N–H and O–H groups in total. The van der Waals surface area contributed by atoms with E-state index >= 15 is 0 Å². The van der Waals surface area contributed by atoms with Crippen LogP contribution in [0.3, 0.4) is 0 Å². The zero-order valence-corrected chi connectivity index (χ0v) is 8.50. The second-order valence-corrected chi connectivity index (χ2v) is 2.74. The van der Waals surface area contributed by atoms with Gasteiger partial charge < -0.3 is 10.1 Å². The number of hydrogen-bond acceptors (Lipinski definition) is 3. The van der Waals surface area contributed by atoms with Gasteiger partial charge in [-0.1, -0.05) is 11.8 Å².